The Labute approximate surface area is 146 Å². The number of phenolic OH excluding ortho intramolecular Hbond substituents is 1. The number of carbonyl (C=O) groups excluding carboxylic acids is 1. The van der Waals surface area contributed by atoms with Crippen molar-refractivity contribution in [1.82, 2.24) is 5.32 Å². The molecule has 134 valence electrons. The van der Waals surface area contributed by atoms with E-state index in [0.717, 1.165) is 18.4 Å². The zero-order valence-electron chi connectivity index (χ0n) is 13.8. The zero-order valence-corrected chi connectivity index (χ0v) is 14.6. The van der Waals surface area contributed by atoms with Gasteiger partial charge in [-0.15, -0.1) is 0 Å². The van der Waals surface area contributed by atoms with Gasteiger partial charge in [-0.3, -0.25) is 0 Å². The van der Waals surface area contributed by atoms with Gasteiger partial charge in [0.15, 0.2) is 0 Å². The van der Waals surface area contributed by atoms with Gasteiger partial charge in [0.25, 0.3) is 0 Å². The molecule has 0 aliphatic heterocycles. The molecule has 2 amide bonds. The fraction of sp³-hybridized carbons (Fsp3) is 0.235. The number of carbonyl (C=O) groups is 1. The Kier molecular flexibility index (Phi) is 6.00. The van der Waals surface area contributed by atoms with Crippen LogP contribution in [0.4, 0.5) is 10.5 Å². The highest BCUT2D eigenvalue weighted by atomic mass is 32.2. The molecule has 5 N–H and O–H groups in total. The second-order valence-electron chi connectivity index (χ2n) is 5.77. The van der Waals surface area contributed by atoms with Crippen molar-refractivity contribution in [2.45, 2.75) is 30.7 Å². The molecule has 8 heteroatoms. The monoisotopic (exact) mass is 363 g/mol. The number of nitrogens with two attached hydrogens (primary N) is 1. The summed E-state index contributed by atoms with van der Waals surface area (Å²) >= 11 is 0. The molecule has 0 unspecified atom stereocenters. The standard InChI is InChI=1S/C17H21N3O4S/c1-12(2-3-13-4-8-15(21)9-5-13)19-17(22)20-14-6-10-16(11-7-14)25(18,23)24/h4-12,21H,2-3H2,1H3,(H2,18,23,24)(H2,19,20,22)/t12-/m1/s1. The molecule has 25 heavy (non-hydrogen) atoms. The first-order valence-corrected chi connectivity index (χ1v) is 9.27. The average Bonchev–Trinajstić information content (AvgIpc) is 2.54. The highest BCUT2D eigenvalue weighted by Gasteiger charge is 2.10. The molecule has 0 aliphatic carbocycles. The van der Waals surface area contributed by atoms with Crippen molar-refractivity contribution in [3.63, 3.8) is 0 Å². The lowest BCUT2D eigenvalue weighted by Crippen LogP contribution is -2.36. The van der Waals surface area contributed by atoms with E-state index in [1.165, 1.54) is 24.3 Å². The largest absolute Gasteiger partial charge is 0.508 e. The first-order chi connectivity index (χ1) is 11.7. The van der Waals surface area contributed by atoms with Gasteiger partial charge in [0.05, 0.1) is 4.90 Å². The van der Waals surface area contributed by atoms with Crippen molar-refractivity contribution in [3.05, 3.63) is 54.1 Å². The van der Waals surface area contributed by atoms with Crippen LogP contribution in [0, 0.1) is 0 Å². The third kappa shape index (κ3) is 6.09. The molecule has 0 saturated carbocycles. The minimum absolute atomic E-state index is 0.0132. The van der Waals surface area contributed by atoms with E-state index in [9.17, 15) is 18.3 Å². The molecule has 0 bridgehead atoms. The molecular formula is C17H21N3O4S. The molecule has 0 fully saturated rings. The van der Waals surface area contributed by atoms with Crippen LogP contribution in [0.3, 0.4) is 0 Å². The Hall–Kier alpha value is -2.58. The highest BCUT2D eigenvalue weighted by Crippen LogP contribution is 2.13. The SMILES string of the molecule is C[C@H](CCc1ccc(O)cc1)NC(=O)Nc1ccc(S(N)(=O)=O)cc1. The second-order valence-corrected chi connectivity index (χ2v) is 7.34. The maximum absolute atomic E-state index is 12.0. The molecule has 0 aromatic heterocycles. The van der Waals surface area contributed by atoms with Crippen LogP contribution in [0.2, 0.25) is 0 Å². The number of nitrogens with one attached hydrogen (secondary N) is 2. The Morgan fingerprint density at radius 1 is 1.12 bits per heavy atom. The summed E-state index contributed by atoms with van der Waals surface area (Å²) < 4.78 is 22.4. The molecule has 0 heterocycles. The number of aromatic hydroxyl groups is 1. The smallest absolute Gasteiger partial charge is 0.319 e. The number of rotatable bonds is 6. The van der Waals surface area contributed by atoms with E-state index in [-0.39, 0.29) is 22.7 Å². The van der Waals surface area contributed by atoms with Crippen LogP contribution in [-0.2, 0) is 16.4 Å². The average molecular weight is 363 g/mol. The van der Waals surface area contributed by atoms with E-state index < -0.39 is 10.0 Å². The number of anilines is 1. The number of phenols is 1. The van der Waals surface area contributed by atoms with Gasteiger partial charge in [0.2, 0.25) is 10.0 Å². The summed E-state index contributed by atoms with van der Waals surface area (Å²) in [7, 11) is -3.75. The number of urea groups is 1. The predicted molar refractivity (Wildman–Crippen MR) is 95.9 cm³/mol. The summed E-state index contributed by atoms with van der Waals surface area (Å²) in [6, 6.07) is 12.1. The van der Waals surface area contributed by atoms with Crippen molar-refractivity contribution >= 4 is 21.7 Å². The van der Waals surface area contributed by atoms with Gasteiger partial charge < -0.3 is 15.7 Å². The van der Waals surface area contributed by atoms with Crippen LogP contribution in [0.15, 0.2) is 53.4 Å². The van der Waals surface area contributed by atoms with Crippen LogP contribution >= 0.6 is 0 Å². The number of aryl methyl sites for hydroxylation is 1. The van der Waals surface area contributed by atoms with Gasteiger partial charge in [-0.2, -0.15) is 0 Å². The predicted octanol–water partition coefficient (Wildman–Crippen LogP) is 2.18. The minimum atomic E-state index is -3.75. The minimum Gasteiger partial charge on any atom is -0.508 e. The number of amides is 2. The summed E-state index contributed by atoms with van der Waals surface area (Å²) in [5, 5.41) is 19.7. The molecule has 7 nitrogen and oxygen atoms in total. The molecule has 2 aromatic carbocycles. The third-order valence-electron chi connectivity index (χ3n) is 3.62. The van der Waals surface area contributed by atoms with Gasteiger partial charge in [-0.25, -0.2) is 18.4 Å². The first kappa shape index (κ1) is 18.8. The summed E-state index contributed by atoms with van der Waals surface area (Å²) in [6.07, 6.45) is 1.51. The van der Waals surface area contributed by atoms with Crippen LogP contribution < -0.4 is 15.8 Å². The maximum atomic E-state index is 12.0. The van der Waals surface area contributed by atoms with Crippen molar-refractivity contribution in [1.29, 1.82) is 0 Å². The Bertz CT molecular complexity index is 818. The van der Waals surface area contributed by atoms with Gasteiger partial charge >= 0.3 is 6.03 Å². The van der Waals surface area contributed by atoms with Crippen molar-refractivity contribution in [3.8, 4) is 5.75 Å². The molecule has 1 atom stereocenters. The quantitative estimate of drug-likeness (QED) is 0.628. The van der Waals surface area contributed by atoms with E-state index in [1.54, 1.807) is 12.1 Å². The van der Waals surface area contributed by atoms with E-state index >= 15 is 0 Å². The van der Waals surface area contributed by atoms with Crippen molar-refractivity contribution in [2.24, 2.45) is 5.14 Å². The molecule has 0 spiro atoms. The number of benzene rings is 2. The lowest BCUT2D eigenvalue weighted by Gasteiger charge is -2.15. The second kappa shape index (κ2) is 8.00. The number of hydrogen-bond donors (Lipinski definition) is 4. The van der Waals surface area contributed by atoms with Crippen LogP contribution in [0.5, 0.6) is 5.75 Å². The van der Waals surface area contributed by atoms with Crippen LogP contribution in [0.1, 0.15) is 18.9 Å². The normalized spacial score (nSPS) is 12.4. The lowest BCUT2D eigenvalue weighted by molar-refractivity contribution is 0.248. The van der Waals surface area contributed by atoms with E-state index in [2.05, 4.69) is 10.6 Å². The summed E-state index contributed by atoms with van der Waals surface area (Å²) in [5.41, 5.74) is 1.54. The van der Waals surface area contributed by atoms with Gasteiger partial charge in [-0.05, 0) is 61.7 Å². The molecule has 0 radical (unpaired) electrons. The van der Waals surface area contributed by atoms with Crippen molar-refractivity contribution in [2.75, 3.05) is 5.32 Å². The fourth-order valence-corrected chi connectivity index (χ4v) is 2.75. The molecular weight excluding hydrogens is 342 g/mol. The molecule has 0 saturated heterocycles. The fourth-order valence-electron chi connectivity index (χ4n) is 2.24. The summed E-state index contributed by atoms with van der Waals surface area (Å²) in [5.74, 6) is 0.225. The third-order valence-corrected chi connectivity index (χ3v) is 4.55. The first-order valence-electron chi connectivity index (χ1n) is 7.72. The zero-order chi connectivity index (χ0) is 18.4. The Morgan fingerprint density at radius 2 is 1.72 bits per heavy atom. The molecule has 0 aliphatic rings. The topological polar surface area (TPSA) is 122 Å². The van der Waals surface area contributed by atoms with Gasteiger partial charge in [-0.1, -0.05) is 12.1 Å². The van der Waals surface area contributed by atoms with Crippen LogP contribution in [-0.4, -0.2) is 25.6 Å². The van der Waals surface area contributed by atoms with E-state index in [4.69, 9.17) is 5.14 Å². The Morgan fingerprint density at radius 3 is 2.28 bits per heavy atom. The Balaban J connectivity index is 1.81. The molecule has 2 aromatic rings. The molecule has 2 rings (SSSR count). The number of sulfonamides is 1. The van der Waals surface area contributed by atoms with Gasteiger partial charge in [0, 0.05) is 11.7 Å². The highest BCUT2D eigenvalue weighted by molar-refractivity contribution is 7.89. The van der Waals surface area contributed by atoms with Gasteiger partial charge in [0.1, 0.15) is 5.75 Å². The summed E-state index contributed by atoms with van der Waals surface area (Å²) in [4.78, 5) is 11.9. The van der Waals surface area contributed by atoms with Crippen molar-refractivity contribution < 1.29 is 18.3 Å². The van der Waals surface area contributed by atoms with E-state index in [0.29, 0.717) is 5.69 Å². The number of primary sulfonamides is 1. The number of hydrogen-bond acceptors (Lipinski definition) is 4. The summed E-state index contributed by atoms with van der Waals surface area (Å²) in [6.45, 7) is 1.89. The van der Waals surface area contributed by atoms with E-state index in [1.807, 2.05) is 19.1 Å². The lowest BCUT2D eigenvalue weighted by atomic mass is 10.1. The van der Waals surface area contributed by atoms with Crippen LogP contribution in [0.25, 0.3) is 0 Å². The maximum Gasteiger partial charge on any atom is 0.319 e.